The average molecular weight is 390 g/mol. The molecule has 0 aliphatic rings. The fraction of sp³-hybridized carbons (Fsp3) is 0.125. The van der Waals surface area contributed by atoms with Gasteiger partial charge in [-0.15, -0.1) is 11.5 Å². The van der Waals surface area contributed by atoms with Crippen molar-refractivity contribution in [2.24, 2.45) is 16.8 Å². The molecule has 7 nitrogen and oxygen atoms in total. The standard InChI is InChI=1S/C16H18N4O3S.2Na/c1-10-2-5-12(6-3-10)20(18)16(19-17)24-9-15(23)11-4-7-13(21)14(22)8-11;;/h2-8,21-22H,9,17-18H2,1H3;;/q;2*+1/p-2/b19-16+;;. The van der Waals surface area contributed by atoms with E-state index in [-0.39, 0.29) is 81.4 Å². The van der Waals surface area contributed by atoms with Crippen molar-refractivity contribution in [2.45, 2.75) is 6.92 Å². The van der Waals surface area contributed by atoms with Crippen LogP contribution in [-0.2, 0) is 0 Å². The van der Waals surface area contributed by atoms with Gasteiger partial charge in [0.2, 0.25) is 5.17 Å². The SMILES string of the molecule is Cc1ccc(N(N)/C(=N\N)SCC(=O)c2ccc([O-])c([O-])c2)cc1.[Na+].[Na+]. The number of nitrogens with zero attached hydrogens (tertiary/aromatic N) is 2. The van der Waals surface area contributed by atoms with Crippen LogP contribution in [0.1, 0.15) is 15.9 Å². The Balaban J connectivity index is 0.00000312. The summed E-state index contributed by atoms with van der Waals surface area (Å²) in [6.45, 7) is 1.95. The number of aryl methyl sites for hydroxylation is 1. The van der Waals surface area contributed by atoms with E-state index in [1.807, 2.05) is 19.1 Å². The first-order valence-electron chi connectivity index (χ1n) is 6.96. The smallest absolute Gasteiger partial charge is 0.873 e. The van der Waals surface area contributed by atoms with Crippen molar-refractivity contribution in [2.75, 3.05) is 10.8 Å². The van der Waals surface area contributed by atoms with Gasteiger partial charge >= 0.3 is 59.1 Å². The number of hydrazone groups is 1. The van der Waals surface area contributed by atoms with Crippen LogP contribution in [0.2, 0.25) is 0 Å². The molecule has 2 rings (SSSR count). The number of amidine groups is 1. The molecule has 0 radical (unpaired) electrons. The maximum absolute atomic E-state index is 12.1. The second-order valence-corrected chi connectivity index (χ2v) is 5.93. The first-order chi connectivity index (χ1) is 11.4. The number of benzene rings is 2. The van der Waals surface area contributed by atoms with Crippen molar-refractivity contribution in [3.8, 4) is 11.5 Å². The van der Waals surface area contributed by atoms with E-state index in [2.05, 4.69) is 5.10 Å². The molecule has 0 saturated carbocycles. The van der Waals surface area contributed by atoms with E-state index in [1.54, 1.807) is 12.1 Å². The number of hydrogen-bond acceptors (Lipinski definition) is 7. The average Bonchev–Trinajstić information content (AvgIpc) is 2.58. The Morgan fingerprint density at radius 2 is 1.73 bits per heavy atom. The number of hydrogen-bond donors (Lipinski definition) is 2. The van der Waals surface area contributed by atoms with Gasteiger partial charge in [-0.25, -0.2) is 5.84 Å². The Bertz CT molecular complexity index is 773. The van der Waals surface area contributed by atoms with Crippen molar-refractivity contribution in [3.05, 3.63) is 53.6 Å². The third kappa shape index (κ3) is 6.79. The number of rotatable bonds is 4. The van der Waals surface area contributed by atoms with Crippen LogP contribution in [0, 0.1) is 6.92 Å². The number of ketones is 1. The Hall–Kier alpha value is -0.710. The number of carbonyl (C=O) groups excluding carboxylic acids is 1. The second kappa shape index (κ2) is 11.9. The molecule has 0 bridgehead atoms. The molecule has 0 aliphatic carbocycles. The molecule has 126 valence electrons. The van der Waals surface area contributed by atoms with Gasteiger partial charge in [-0.3, -0.25) is 9.80 Å². The van der Waals surface area contributed by atoms with Gasteiger partial charge in [0.1, 0.15) is 0 Å². The molecule has 26 heavy (non-hydrogen) atoms. The van der Waals surface area contributed by atoms with Gasteiger partial charge < -0.3 is 16.1 Å². The Labute approximate surface area is 200 Å². The van der Waals surface area contributed by atoms with Crippen molar-refractivity contribution in [1.29, 1.82) is 0 Å². The summed E-state index contributed by atoms with van der Waals surface area (Å²) in [4.78, 5) is 12.1. The molecular weight excluding hydrogens is 374 g/mol. The number of nitrogens with two attached hydrogens (primary N) is 2. The van der Waals surface area contributed by atoms with E-state index < -0.39 is 11.5 Å². The van der Waals surface area contributed by atoms with Crippen LogP contribution in [0.25, 0.3) is 0 Å². The fourth-order valence-electron chi connectivity index (χ4n) is 1.88. The van der Waals surface area contributed by atoms with E-state index in [9.17, 15) is 15.0 Å². The number of thioether (sulfide) groups is 1. The molecule has 2 aromatic carbocycles. The zero-order chi connectivity index (χ0) is 17.7. The molecule has 0 spiro atoms. The summed E-state index contributed by atoms with van der Waals surface area (Å²) in [6.07, 6.45) is 0. The Morgan fingerprint density at radius 1 is 1.12 bits per heavy atom. The van der Waals surface area contributed by atoms with Gasteiger partial charge in [0, 0.05) is 5.56 Å². The van der Waals surface area contributed by atoms with Crippen LogP contribution in [0.5, 0.6) is 11.5 Å². The molecule has 0 saturated heterocycles. The van der Waals surface area contributed by atoms with Crippen molar-refractivity contribution in [1.82, 2.24) is 0 Å². The van der Waals surface area contributed by atoms with Crippen LogP contribution >= 0.6 is 11.8 Å². The van der Waals surface area contributed by atoms with Crippen LogP contribution in [0.3, 0.4) is 0 Å². The predicted molar refractivity (Wildman–Crippen MR) is 91.6 cm³/mol. The molecule has 10 heteroatoms. The van der Waals surface area contributed by atoms with Gasteiger partial charge in [0.05, 0.1) is 11.4 Å². The van der Waals surface area contributed by atoms with Gasteiger partial charge in [0.25, 0.3) is 0 Å². The second-order valence-electron chi connectivity index (χ2n) is 4.99. The van der Waals surface area contributed by atoms with Crippen molar-refractivity contribution < 1.29 is 74.1 Å². The largest absolute Gasteiger partial charge is 1.00 e. The first kappa shape index (κ1) is 25.3. The molecule has 4 N–H and O–H groups in total. The third-order valence-corrected chi connectivity index (χ3v) is 4.19. The number of Topliss-reactive ketones (excluding diaryl/α,β-unsaturated/α-hetero) is 1. The van der Waals surface area contributed by atoms with Gasteiger partial charge in [-0.05, 0) is 19.1 Å². The van der Waals surface area contributed by atoms with Gasteiger partial charge in [-0.1, -0.05) is 47.7 Å². The molecule has 0 aliphatic heterocycles. The van der Waals surface area contributed by atoms with Crippen molar-refractivity contribution >= 4 is 28.4 Å². The molecule has 0 fully saturated rings. The first-order valence-corrected chi connectivity index (χ1v) is 7.94. The minimum absolute atomic E-state index is 0. The van der Waals surface area contributed by atoms with Crippen LogP contribution < -0.4 is 86.0 Å². The van der Waals surface area contributed by atoms with E-state index >= 15 is 0 Å². The summed E-state index contributed by atoms with van der Waals surface area (Å²) in [5.74, 6) is 9.62. The van der Waals surface area contributed by atoms with Crippen LogP contribution in [0.4, 0.5) is 5.69 Å². The summed E-state index contributed by atoms with van der Waals surface area (Å²) >= 11 is 1.04. The fourth-order valence-corrected chi connectivity index (χ4v) is 2.63. The van der Waals surface area contributed by atoms with E-state index in [0.717, 1.165) is 29.5 Å². The molecule has 0 aromatic heterocycles. The van der Waals surface area contributed by atoms with E-state index in [0.29, 0.717) is 5.69 Å². The molecule has 2 aromatic rings. The van der Waals surface area contributed by atoms with E-state index in [1.165, 1.54) is 11.1 Å². The monoisotopic (exact) mass is 390 g/mol. The maximum atomic E-state index is 12.1. The Kier molecular flexibility index (Phi) is 11.6. The molecule has 0 unspecified atom stereocenters. The minimum atomic E-state index is -0.710. The summed E-state index contributed by atoms with van der Waals surface area (Å²) < 4.78 is 0. The van der Waals surface area contributed by atoms with Crippen molar-refractivity contribution in [3.63, 3.8) is 0 Å². The predicted octanol–water partition coefficient (Wildman–Crippen LogP) is -5.32. The van der Waals surface area contributed by atoms with Gasteiger partial charge in [-0.2, -0.15) is 5.10 Å². The van der Waals surface area contributed by atoms with Gasteiger partial charge in [0.15, 0.2) is 5.78 Å². The topological polar surface area (TPSA) is 131 Å². The number of carbonyl (C=O) groups is 1. The minimum Gasteiger partial charge on any atom is -0.873 e. The zero-order valence-electron chi connectivity index (χ0n) is 14.9. The summed E-state index contributed by atoms with van der Waals surface area (Å²) in [6, 6.07) is 10.8. The quantitative estimate of drug-likeness (QED) is 0.133. The summed E-state index contributed by atoms with van der Waals surface area (Å²) in [7, 11) is 0. The zero-order valence-corrected chi connectivity index (χ0v) is 19.7. The Morgan fingerprint density at radius 3 is 2.27 bits per heavy atom. The normalized spacial score (nSPS) is 10.5. The maximum Gasteiger partial charge on any atom is 1.00 e. The van der Waals surface area contributed by atoms with Crippen LogP contribution in [0.15, 0.2) is 47.6 Å². The number of anilines is 1. The molecule has 0 atom stereocenters. The number of hydrazine groups is 1. The third-order valence-electron chi connectivity index (χ3n) is 3.23. The molecule has 0 heterocycles. The summed E-state index contributed by atoms with van der Waals surface area (Å²) in [5.41, 5.74) is 1.92. The summed E-state index contributed by atoms with van der Waals surface area (Å²) in [5, 5.41) is 27.5. The van der Waals surface area contributed by atoms with E-state index in [4.69, 9.17) is 11.7 Å². The molecular formula is C16H16N4Na2O3S. The van der Waals surface area contributed by atoms with Crippen LogP contribution in [-0.4, -0.2) is 16.7 Å². The molecule has 0 amide bonds.